The molecule has 1 N–H and O–H groups in total. The van der Waals surface area contributed by atoms with Crippen LogP contribution >= 0.6 is 11.3 Å². The Hall–Kier alpha value is -1.23. The maximum atomic E-state index is 8.30. The molecular weight excluding hydrogens is 178 g/mol. The smallest absolute Gasteiger partial charge is 0.180 e. The lowest BCUT2D eigenvalue weighted by atomic mass is 10.4. The molecule has 66 valence electrons. The van der Waals surface area contributed by atoms with Crippen molar-refractivity contribution in [3.63, 3.8) is 0 Å². The SMILES string of the molecule is COc1csc(C=NO)c1OC. The molecule has 0 radical (unpaired) electrons. The second kappa shape index (κ2) is 3.96. The average molecular weight is 187 g/mol. The van der Waals surface area contributed by atoms with Gasteiger partial charge in [0, 0.05) is 5.38 Å². The highest BCUT2D eigenvalue weighted by atomic mass is 32.1. The Morgan fingerprint density at radius 3 is 2.75 bits per heavy atom. The van der Waals surface area contributed by atoms with E-state index in [0.717, 1.165) is 4.88 Å². The Labute approximate surface area is 74.0 Å². The molecule has 0 aliphatic rings. The van der Waals surface area contributed by atoms with Crippen LogP contribution in [0.15, 0.2) is 10.5 Å². The fourth-order valence-electron chi connectivity index (χ4n) is 0.829. The molecule has 1 aromatic rings. The molecule has 0 amide bonds. The molecule has 12 heavy (non-hydrogen) atoms. The minimum absolute atomic E-state index is 0.598. The summed E-state index contributed by atoms with van der Waals surface area (Å²) in [4.78, 5) is 0.733. The van der Waals surface area contributed by atoms with Gasteiger partial charge in [-0.15, -0.1) is 11.3 Å². The lowest BCUT2D eigenvalue weighted by Crippen LogP contribution is -1.89. The first-order valence-electron chi connectivity index (χ1n) is 3.20. The van der Waals surface area contributed by atoms with Crippen LogP contribution in [0.4, 0.5) is 0 Å². The summed E-state index contributed by atoms with van der Waals surface area (Å²) in [5, 5.41) is 13.0. The normalized spacial score (nSPS) is 10.5. The van der Waals surface area contributed by atoms with Crippen molar-refractivity contribution in [1.29, 1.82) is 0 Å². The number of rotatable bonds is 3. The molecule has 1 rings (SSSR count). The van der Waals surface area contributed by atoms with E-state index in [0.29, 0.717) is 11.5 Å². The van der Waals surface area contributed by atoms with Crippen LogP contribution < -0.4 is 9.47 Å². The van der Waals surface area contributed by atoms with E-state index in [1.165, 1.54) is 17.6 Å². The van der Waals surface area contributed by atoms with Crippen LogP contribution in [0.2, 0.25) is 0 Å². The van der Waals surface area contributed by atoms with E-state index in [4.69, 9.17) is 14.7 Å². The van der Waals surface area contributed by atoms with Crippen LogP contribution in [0, 0.1) is 0 Å². The maximum Gasteiger partial charge on any atom is 0.180 e. The third-order valence-electron chi connectivity index (χ3n) is 1.34. The largest absolute Gasteiger partial charge is 0.492 e. The standard InChI is InChI=1S/C7H9NO3S/c1-10-5-4-12-6(3-8-9)7(5)11-2/h3-4,9H,1-2H3. The maximum absolute atomic E-state index is 8.30. The molecule has 0 aromatic carbocycles. The van der Waals surface area contributed by atoms with E-state index < -0.39 is 0 Å². The zero-order valence-electron chi connectivity index (χ0n) is 6.77. The first-order valence-corrected chi connectivity index (χ1v) is 4.08. The molecule has 1 aromatic heterocycles. The van der Waals surface area contributed by atoms with Crippen molar-refractivity contribution in [2.24, 2.45) is 5.16 Å². The minimum atomic E-state index is 0.598. The van der Waals surface area contributed by atoms with Crippen molar-refractivity contribution in [2.75, 3.05) is 14.2 Å². The number of thiophene rings is 1. The van der Waals surface area contributed by atoms with Crippen LogP contribution in [0.5, 0.6) is 11.5 Å². The number of methoxy groups -OCH3 is 2. The minimum Gasteiger partial charge on any atom is -0.492 e. The number of hydrogen-bond donors (Lipinski definition) is 1. The van der Waals surface area contributed by atoms with Crippen LogP contribution in [-0.4, -0.2) is 25.6 Å². The number of hydrogen-bond acceptors (Lipinski definition) is 5. The summed E-state index contributed by atoms with van der Waals surface area (Å²) in [5.74, 6) is 1.25. The highest BCUT2D eigenvalue weighted by molar-refractivity contribution is 7.12. The van der Waals surface area contributed by atoms with Crippen LogP contribution in [-0.2, 0) is 0 Å². The van der Waals surface area contributed by atoms with Crippen molar-refractivity contribution in [2.45, 2.75) is 0 Å². The van der Waals surface area contributed by atoms with Crippen molar-refractivity contribution in [3.8, 4) is 11.5 Å². The van der Waals surface area contributed by atoms with Gasteiger partial charge in [-0.1, -0.05) is 5.16 Å². The highest BCUT2D eigenvalue weighted by Gasteiger charge is 2.10. The predicted molar refractivity (Wildman–Crippen MR) is 46.8 cm³/mol. The molecule has 4 nitrogen and oxygen atoms in total. The Balaban J connectivity index is 3.04. The number of ether oxygens (including phenoxy) is 2. The summed E-state index contributed by atoms with van der Waals surface area (Å²) < 4.78 is 10.0. The van der Waals surface area contributed by atoms with Gasteiger partial charge in [0.15, 0.2) is 11.5 Å². The molecule has 0 atom stereocenters. The molecule has 0 saturated carbocycles. The summed E-state index contributed by atoms with van der Waals surface area (Å²) in [7, 11) is 3.10. The molecule has 0 bridgehead atoms. The van der Waals surface area contributed by atoms with Crippen LogP contribution in [0.3, 0.4) is 0 Å². The van der Waals surface area contributed by atoms with Crippen LogP contribution in [0.1, 0.15) is 4.88 Å². The van der Waals surface area contributed by atoms with Gasteiger partial charge in [0.1, 0.15) is 0 Å². The third-order valence-corrected chi connectivity index (χ3v) is 2.22. The number of nitrogens with zero attached hydrogens (tertiary/aromatic N) is 1. The monoisotopic (exact) mass is 187 g/mol. The molecule has 0 unspecified atom stereocenters. The van der Waals surface area contributed by atoms with Gasteiger partial charge in [-0.3, -0.25) is 0 Å². The molecule has 0 fully saturated rings. The van der Waals surface area contributed by atoms with E-state index in [1.807, 2.05) is 0 Å². The molecule has 5 heteroatoms. The van der Waals surface area contributed by atoms with Crippen molar-refractivity contribution < 1.29 is 14.7 Å². The summed E-state index contributed by atoms with van der Waals surface area (Å²) in [6, 6.07) is 0. The van der Waals surface area contributed by atoms with E-state index in [9.17, 15) is 0 Å². The predicted octanol–water partition coefficient (Wildman–Crippen LogP) is 1.57. The molecule has 1 heterocycles. The highest BCUT2D eigenvalue weighted by Crippen LogP contribution is 2.35. The summed E-state index contributed by atoms with van der Waals surface area (Å²) in [6.45, 7) is 0. The second-order valence-electron chi connectivity index (χ2n) is 1.95. The average Bonchev–Trinajstić information content (AvgIpc) is 2.47. The fourth-order valence-corrected chi connectivity index (χ4v) is 1.67. The van der Waals surface area contributed by atoms with E-state index in [2.05, 4.69) is 5.16 Å². The van der Waals surface area contributed by atoms with Gasteiger partial charge in [0.2, 0.25) is 0 Å². The van der Waals surface area contributed by atoms with Crippen molar-refractivity contribution >= 4 is 17.6 Å². The topological polar surface area (TPSA) is 51.0 Å². The molecule has 0 saturated heterocycles. The van der Waals surface area contributed by atoms with Gasteiger partial charge >= 0.3 is 0 Å². The zero-order valence-corrected chi connectivity index (χ0v) is 7.59. The van der Waals surface area contributed by atoms with Crippen LogP contribution in [0.25, 0.3) is 0 Å². The fraction of sp³-hybridized carbons (Fsp3) is 0.286. The number of oxime groups is 1. The van der Waals surface area contributed by atoms with Gasteiger partial charge in [-0.25, -0.2) is 0 Å². The second-order valence-corrected chi connectivity index (χ2v) is 2.86. The Bertz CT molecular complexity index is 282. The lowest BCUT2D eigenvalue weighted by Gasteiger charge is -2.00. The summed E-state index contributed by atoms with van der Waals surface area (Å²) in [6.07, 6.45) is 1.31. The quantitative estimate of drug-likeness (QED) is 0.444. The van der Waals surface area contributed by atoms with Gasteiger partial charge < -0.3 is 14.7 Å². The molecule has 0 aliphatic carbocycles. The van der Waals surface area contributed by atoms with Crippen molar-refractivity contribution in [3.05, 3.63) is 10.3 Å². The Kier molecular flexibility index (Phi) is 2.93. The summed E-state index contributed by atoms with van der Waals surface area (Å²) >= 11 is 1.39. The van der Waals surface area contributed by atoms with Gasteiger partial charge in [-0.05, 0) is 0 Å². The first kappa shape index (κ1) is 8.86. The lowest BCUT2D eigenvalue weighted by molar-refractivity contribution is 0.321. The van der Waals surface area contributed by atoms with Crippen molar-refractivity contribution in [1.82, 2.24) is 0 Å². The van der Waals surface area contributed by atoms with Gasteiger partial charge in [0.05, 0.1) is 25.3 Å². The molecule has 0 aliphatic heterocycles. The Morgan fingerprint density at radius 1 is 1.50 bits per heavy atom. The van der Waals surface area contributed by atoms with Gasteiger partial charge in [-0.2, -0.15) is 0 Å². The van der Waals surface area contributed by atoms with E-state index in [1.54, 1.807) is 19.6 Å². The molecular formula is C7H9NO3S. The van der Waals surface area contributed by atoms with E-state index in [-0.39, 0.29) is 0 Å². The zero-order chi connectivity index (χ0) is 8.97. The Morgan fingerprint density at radius 2 is 2.25 bits per heavy atom. The first-order chi connectivity index (χ1) is 5.83. The van der Waals surface area contributed by atoms with E-state index >= 15 is 0 Å². The molecule has 0 spiro atoms. The van der Waals surface area contributed by atoms with Gasteiger partial charge in [0.25, 0.3) is 0 Å². The third kappa shape index (κ3) is 1.50. The summed E-state index contributed by atoms with van der Waals surface area (Å²) in [5.41, 5.74) is 0.